The lowest BCUT2D eigenvalue weighted by atomic mass is 9.85. The number of carboxylic acid groups (broad SMARTS) is 2. The highest BCUT2D eigenvalue weighted by Crippen LogP contribution is 2.42. The average Bonchev–Trinajstić information content (AvgIpc) is 3.02. The summed E-state index contributed by atoms with van der Waals surface area (Å²) >= 11 is 0. The largest absolute Gasteiger partial charge is 0.478 e. The Morgan fingerprint density at radius 2 is 0.881 bits per heavy atom. The molecular formula is C34H24O8. The molecule has 3 N–H and O–H groups in total. The highest BCUT2D eigenvalue weighted by Gasteiger charge is 2.17. The first-order valence-electron chi connectivity index (χ1n) is 12.8. The number of aliphatic hydroxyl groups excluding tert-OH is 1. The first-order chi connectivity index (χ1) is 20.4. The molecule has 0 radical (unpaired) electrons. The van der Waals surface area contributed by atoms with Gasteiger partial charge >= 0.3 is 11.9 Å². The van der Waals surface area contributed by atoms with Crippen LogP contribution in [0.25, 0.3) is 44.5 Å². The van der Waals surface area contributed by atoms with Crippen molar-refractivity contribution in [1.82, 2.24) is 0 Å². The maximum absolute atomic E-state index is 11.5. The molecule has 0 bridgehead atoms. The molecule has 0 fully saturated rings. The van der Waals surface area contributed by atoms with Crippen LogP contribution in [0.5, 0.6) is 11.5 Å². The van der Waals surface area contributed by atoms with Crippen LogP contribution in [0.1, 0.15) is 20.7 Å². The Balaban J connectivity index is 1.77. The van der Waals surface area contributed by atoms with E-state index in [1.807, 2.05) is 36.4 Å². The molecule has 5 aromatic carbocycles. The van der Waals surface area contributed by atoms with Crippen molar-refractivity contribution in [2.45, 2.75) is 0 Å². The minimum absolute atomic E-state index is 0.152. The second-order valence-electron chi connectivity index (χ2n) is 9.24. The van der Waals surface area contributed by atoms with Crippen molar-refractivity contribution in [1.29, 1.82) is 0 Å². The summed E-state index contributed by atoms with van der Waals surface area (Å²) < 4.78 is 10.2. The van der Waals surface area contributed by atoms with Crippen LogP contribution in [0.15, 0.2) is 109 Å². The van der Waals surface area contributed by atoms with Gasteiger partial charge in [-0.15, -0.1) is 0 Å². The Kier molecular flexibility index (Phi) is 8.08. The molecule has 0 aliphatic heterocycles. The topological polar surface area (TPSA) is 130 Å². The van der Waals surface area contributed by atoms with Crippen molar-refractivity contribution in [3.8, 4) is 56.0 Å². The third-order valence-corrected chi connectivity index (χ3v) is 6.79. The number of carbonyl (C=O) groups excluding carboxylic acids is 1. The normalized spacial score (nSPS) is 10.6. The zero-order valence-electron chi connectivity index (χ0n) is 22.1. The summed E-state index contributed by atoms with van der Waals surface area (Å²) in [7, 11) is 0. The van der Waals surface area contributed by atoms with E-state index in [-0.39, 0.29) is 11.1 Å². The van der Waals surface area contributed by atoms with Crippen molar-refractivity contribution in [3.63, 3.8) is 0 Å². The zero-order chi connectivity index (χ0) is 29.6. The third kappa shape index (κ3) is 5.89. The molecule has 0 unspecified atom stereocenters. The third-order valence-electron chi connectivity index (χ3n) is 6.79. The molecule has 8 nitrogen and oxygen atoms in total. The summed E-state index contributed by atoms with van der Waals surface area (Å²) in [6.45, 7) is -0.0919. The van der Waals surface area contributed by atoms with E-state index in [0.717, 1.165) is 44.5 Å². The zero-order valence-corrected chi connectivity index (χ0v) is 22.1. The highest BCUT2D eigenvalue weighted by molar-refractivity contribution is 5.97. The SMILES string of the molecule is O=COc1ccc(-c2cc(-c3ccc(C(=O)O)cc3)c(-c3ccc(C(=O)O)cc3)cc2-c2ccc(OCO)cc2)cc1. The molecular weight excluding hydrogens is 536 g/mol. The molecule has 0 aliphatic rings. The first kappa shape index (κ1) is 27.8. The predicted molar refractivity (Wildman–Crippen MR) is 157 cm³/mol. The van der Waals surface area contributed by atoms with Crippen LogP contribution in [-0.2, 0) is 4.79 Å². The maximum atomic E-state index is 11.5. The van der Waals surface area contributed by atoms with Crippen molar-refractivity contribution in [3.05, 3.63) is 120 Å². The molecule has 0 amide bonds. The molecule has 5 aromatic rings. The number of hydrogen-bond donors (Lipinski definition) is 3. The van der Waals surface area contributed by atoms with E-state index in [1.54, 1.807) is 48.5 Å². The number of carbonyl (C=O) groups is 3. The van der Waals surface area contributed by atoms with Crippen LogP contribution in [0, 0.1) is 0 Å². The lowest BCUT2D eigenvalue weighted by molar-refractivity contribution is -0.120. The fourth-order valence-electron chi connectivity index (χ4n) is 4.71. The van der Waals surface area contributed by atoms with Gasteiger partial charge in [0.15, 0.2) is 6.79 Å². The van der Waals surface area contributed by atoms with Gasteiger partial charge in [-0.1, -0.05) is 48.5 Å². The number of benzene rings is 5. The van der Waals surface area contributed by atoms with E-state index in [0.29, 0.717) is 18.0 Å². The van der Waals surface area contributed by atoms with E-state index in [2.05, 4.69) is 0 Å². The molecule has 0 saturated carbocycles. The Bertz CT molecular complexity index is 1740. The van der Waals surface area contributed by atoms with Crippen molar-refractivity contribution < 1.29 is 39.2 Å². The molecule has 0 heterocycles. The van der Waals surface area contributed by atoms with Crippen LogP contribution in [0.3, 0.4) is 0 Å². The van der Waals surface area contributed by atoms with Gasteiger partial charge in [-0.2, -0.15) is 0 Å². The summed E-state index contributed by atoms with van der Waals surface area (Å²) in [6.07, 6.45) is 0. The lowest BCUT2D eigenvalue weighted by Gasteiger charge is -2.19. The summed E-state index contributed by atoms with van der Waals surface area (Å²) in [4.78, 5) is 33.8. The number of aromatic carboxylic acids is 2. The fraction of sp³-hybridized carbons (Fsp3) is 0.0294. The first-order valence-corrected chi connectivity index (χ1v) is 12.8. The van der Waals surface area contributed by atoms with Gasteiger partial charge in [-0.05, 0) is 105 Å². The number of hydrogen-bond acceptors (Lipinski definition) is 6. The molecule has 42 heavy (non-hydrogen) atoms. The van der Waals surface area contributed by atoms with E-state index in [9.17, 15) is 24.6 Å². The molecule has 0 aromatic heterocycles. The van der Waals surface area contributed by atoms with Gasteiger partial charge in [0.05, 0.1) is 11.1 Å². The van der Waals surface area contributed by atoms with Gasteiger partial charge in [-0.25, -0.2) is 9.59 Å². The van der Waals surface area contributed by atoms with Crippen LogP contribution >= 0.6 is 0 Å². The second-order valence-corrected chi connectivity index (χ2v) is 9.24. The molecule has 208 valence electrons. The average molecular weight is 561 g/mol. The molecule has 0 spiro atoms. The second kappa shape index (κ2) is 12.2. The number of ether oxygens (including phenoxy) is 2. The van der Waals surface area contributed by atoms with E-state index in [4.69, 9.17) is 14.6 Å². The van der Waals surface area contributed by atoms with E-state index in [1.165, 1.54) is 24.3 Å². The summed E-state index contributed by atoms with van der Waals surface area (Å²) in [5.74, 6) is -1.18. The summed E-state index contributed by atoms with van der Waals surface area (Å²) in [6, 6.07) is 31.4. The minimum atomic E-state index is -1.03. The molecule has 8 heteroatoms. The molecule has 0 aliphatic carbocycles. The molecule has 0 atom stereocenters. The fourth-order valence-corrected chi connectivity index (χ4v) is 4.71. The van der Waals surface area contributed by atoms with Crippen molar-refractivity contribution in [2.75, 3.05) is 6.79 Å². The van der Waals surface area contributed by atoms with Crippen LogP contribution < -0.4 is 9.47 Å². The van der Waals surface area contributed by atoms with Crippen LogP contribution in [0.4, 0.5) is 0 Å². The van der Waals surface area contributed by atoms with Crippen LogP contribution in [-0.4, -0.2) is 40.5 Å². The highest BCUT2D eigenvalue weighted by atomic mass is 16.6. The quantitative estimate of drug-likeness (QED) is 0.128. The molecule has 5 rings (SSSR count). The van der Waals surface area contributed by atoms with Crippen molar-refractivity contribution in [2.24, 2.45) is 0 Å². The Labute approximate surface area is 240 Å². The number of aliphatic hydroxyl groups is 1. The summed E-state index contributed by atoms with van der Waals surface area (Å²) in [5, 5.41) is 28.0. The number of carboxylic acids is 2. The lowest BCUT2D eigenvalue weighted by Crippen LogP contribution is -1.97. The standard InChI is InChI=1S/C34H24O8/c35-19-41-27-13-9-23(10-14-27)31-17-29(21-1-5-25(6-2-21)33(37)38)30(22-3-7-26(8-4-22)34(39)40)18-32(31)24-11-15-28(16-12-24)42-20-36/h1-19,36H,20H2,(H,37,38)(H,39,40). The van der Waals surface area contributed by atoms with Gasteiger partial charge in [0.1, 0.15) is 11.5 Å². The monoisotopic (exact) mass is 560 g/mol. The van der Waals surface area contributed by atoms with Gasteiger partial charge < -0.3 is 24.8 Å². The van der Waals surface area contributed by atoms with Crippen LogP contribution in [0.2, 0.25) is 0 Å². The van der Waals surface area contributed by atoms with E-state index < -0.39 is 18.7 Å². The predicted octanol–water partition coefficient (Wildman–Crippen LogP) is 6.61. The molecule has 0 saturated heterocycles. The van der Waals surface area contributed by atoms with Gasteiger partial charge in [0.2, 0.25) is 0 Å². The Morgan fingerprint density at radius 3 is 1.19 bits per heavy atom. The smallest absolute Gasteiger partial charge is 0.335 e. The minimum Gasteiger partial charge on any atom is -0.478 e. The van der Waals surface area contributed by atoms with Gasteiger partial charge in [0.25, 0.3) is 6.47 Å². The van der Waals surface area contributed by atoms with Crippen molar-refractivity contribution >= 4 is 18.4 Å². The Hall–Kier alpha value is -5.73. The summed E-state index contributed by atoms with van der Waals surface area (Å²) in [5.41, 5.74) is 6.78. The van der Waals surface area contributed by atoms with Gasteiger partial charge in [0, 0.05) is 0 Å². The Morgan fingerprint density at radius 1 is 0.548 bits per heavy atom. The number of rotatable bonds is 10. The van der Waals surface area contributed by atoms with E-state index >= 15 is 0 Å². The van der Waals surface area contributed by atoms with Gasteiger partial charge in [-0.3, -0.25) is 4.79 Å². The maximum Gasteiger partial charge on any atom is 0.335 e.